The van der Waals surface area contributed by atoms with Crippen molar-refractivity contribution in [2.75, 3.05) is 13.1 Å². The van der Waals surface area contributed by atoms with Gasteiger partial charge in [0.2, 0.25) is 0 Å². The molecule has 1 aromatic rings. The van der Waals surface area contributed by atoms with Gasteiger partial charge in [-0.25, -0.2) is 9.18 Å². The van der Waals surface area contributed by atoms with E-state index in [9.17, 15) is 22.4 Å². The zero-order valence-corrected chi connectivity index (χ0v) is 9.85. The largest absolute Gasteiger partial charge is 0.416 e. The van der Waals surface area contributed by atoms with E-state index in [1.807, 2.05) is 0 Å². The molecule has 1 aromatic carbocycles. The first-order chi connectivity index (χ1) is 8.79. The topological polar surface area (TPSA) is 67.2 Å². The number of amides is 2. The van der Waals surface area contributed by atoms with Crippen LogP contribution in [-0.2, 0) is 12.7 Å². The lowest BCUT2D eigenvalue weighted by Crippen LogP contribution is -2.35. The molecular formula is C11H13F4N3O. The molecule has 19 heavy (non-hydrogen) atoms. The van der Waals surface area contributed by atoms with Crippen LogP contribution in [0, 0.1) is 5.82 Å². The van der Waals surface area contributed by atoms with Crippen LogP contribution in [0.1, 0.15) is 11.1 Å². The SMILES string of the molecule is NC(=O)NCCNCc1cc(F)cc(C(F)(F)F)c1. The Hall–Kier alpha value is -1.83. The smallest absolute Gasteiger partial charge is 0.352 e. The Balaban J connectivity index is 2.54. The summed E-state index contributed by atoms with van der Waals surface area (Å²) in [5.74, 6) is -0.943. The van der Waals surface area contributed by atoms with Gasteiger partial charge in [0.25, 0.3) is 0 Å². The number of halogens is 4. The quantitative estimate of drug-likeness (QED) is 0.566. The van der Waals surface area contributed by atoms with Crippen molar-refractivity contribution in [1.29, 1.82) is 0 Å². The Labute approximate surface area is 107 Å². The average molecular weight is 279 g/mol. The number of primary amides is 1. The van der Waals surface area contributed by atoms with E-state index in [1.54, 1.807) is 0 Å². The van der Waals surface area contributed by atoms with Gasteiger partial charge >= 0.3 is 12.2 Å². The number of carbonyl (C=O) groups is 1. The minimum absolute atomic E-state index is 0.0568. The summed E-state index contributed by atoms with van der Waals surface area (Å²) in [6.07, 6.45) is -4.58. The standard InChI is InChI=1S/C11H13F4N3O/c12-9-4-7(3-8(5-9)11(13,14)15)6-17-1-2-18-10(16)19/h3-5,17H,1-2,6H2,(H3,16,18,19). The number of hydrogen-bond acceptors (Lipinski definition) is 2. The Morgan fingerprint density at radius 3 is 2.47 bits per heavy atom. The van der Waals surface area contributed by atoms with Crippen LogP contribution in [-0.4, -0.2) is 19.1 Å². The number of hydrogen-bond donors (Lipinski definition) is 3. The molecule has 0 aliphatic carbocycles. The first-order valence-electron chi connectivity index (χ1n) is 5.39. The number of nitrogens with two attached hydrogens (primary N) is 1. The van der Waals surface area contributed by atoms with Crippen molar-refractivity contribution >= 4 is 6.03 Å². The molecule has 0 saturated heterocycles. The van der Waals surface area contributed by atoms with Crippen molar-refractivity contribution in [2.24, 2.45) is 5.73 Å². The fourth-order valence-corrected chi connectivity index (χ4v) is 1.42. The van der Waals surface area contributed by atoms with Crippen LogP contribution in [0.3, 0.4) is 0 Å². The first-order valence-corrected chi connectivity index (χ1v) is 5.39. The molecule has 0 aliphatic rings. The Morgan fingerprint density at radius 2 is 1.89 bits per heavy atom. The second-order valence-electron chi connectivity index (χ2n) is 3.81. The summed E-state index contributed by atoms with van der Waals surface area (Å²) in [7, 11) is 0. The van der Waals surface area contributed by atoms with Gasteiger partial charge in [-0.15, -0.1) is 0 Å². The molecule has 4 nitrogen and oxygen atoms in total. The van der Waals surface area contributed by atoms with Gasteiger partial charge in [0.1, 0.15) is 5.82 Å². The maximum Gasteiger partial charge on any atom is 0.416 e. The molecule has 1 rings (SSSR count). The van der Waals surface area contributed by atoms with Gasteiger partial charge in [-0.3, -0.25) is 0 Å². The van der Waals surface area contributed by atoms with Crippen LogP contribution in [0.4, 0.5) is 22.4 Å². The zero-order chi connectivity index (χ0) is 14.5. The van der Waals surface area contributed by atoms with Crippen molar-refractivity contribution in [2.45, 2.75) is 12.7 Å². The van der Waals surface area contributed by atoms with E-state index in [0.29, 0.717) is 12.6 Å². The Kier molecular flexibility index (Phi) is 5.11. The number of nitrogens with one attached hydrogen (secondary N) is 2. The maximum atomic E-state index is 13.0. The van der Waals surface area contributed by atoms with E-state index in [-0.39, 0.29) is 18.7 Å². The molecule has 0 spiro atoms. The molecule has 0 aromatic heterocycles. The molecule has 8 heteroatoms. The van der Waals surface area contributed by atoms with Gasteiger partial charge in [0.05, 0.1) is 5.56 Å². The minimum Gasteiger partial charge on any atom is -0.352 e. The highest BCUT2D eigenvalue weighted by Crippen LogP contribution is 2.30. The van der Waals surface area contributed by atoms with Crippen LogP contribution < -0.4 is 16.4 Å². The van der Waals surface area contributed by atoms with Crippen LogP contribution in [0.15, 0.2) is 18.2 Å². The summed E-state index contributed by atoms with van der Waals surface area (Å²) >= 11 is 0. The van der Waals surface area contributed by atoms with E-state index in [4.69, 9.17) is 5.73 Å². The molecule has 0 unspecified atom stereocenters. The third kappa shape index (κ3) is 5.56. The highest BCUT2D eigenvalue weighted by atomic mass is 19.4. The molecule has 0 aliphatic heterocycles. The van der Waals surface area contributed by atoms with E-state index in [0.717, 1.165) is 12.1 Å². The maximum absolute atomic E-state index is 13.0. The van der Waals surface area contributed by atoms with Crippen molar-refractivity contribution in [3.8, 4) is 0 Å². The summed E-state index contributed by atoms with van der Waals surface area (Å²) in [6, 6.07) is 1.64. The minimum atomic E-state index is -4.58. The molecule has 2 amide bonds. The first kappa shape index (κ1) is 15.2. The van der Waals surface area contributed by atoms with E-state index >= 15 is 0 Å². The summed E-state index contributed by atoms with van der Waals surface area (Å²) in [5, 5.41) is 5.06. The number of urea groups is 1. The second-order valence-corrected chi connectivity index (χ2v) is 3.81. The molecule has 4 N–H and O–H groups in total. The predicted molar refractivity (Wildman–Crippen MR) is 60.7 cm³/mol. The van der Waals surface area contributed by atoms with Crippen molar-refractivity contribution in [3.63, 3.8) is 0 Å². The predicted octanol–water partition coefficient (Wildman–Crippen LogP) is 1.60. The fraction of sp³-hybridized carbons (Fsp3) is 0.364. The molecule has 0 fully saturated rings. The second kappa shape index (κ2) is 6.37. The monoisotopic (exact) mass is 279 g/mol. The van der Waals surface area contributed by atoms with Crippen LogP contribution in [0.5, 0.6) is 0 Å². The van der Waals surface area contributed by atoms with Crippen molar-refractivity contribution in [3.05, 3.63) is 35.1 Å². The van der Waals surface area contributed by atoms with E-state index in [2.05, 4.69) is 10.6 Å². The average Bonchev–Trinajstić information content (AvgIpc) is 2.26. The van der Waals surface area contributed by atoms with Gasteiger partial charge in [-0.1, -0.05) is 0 Å². The van der Waals surface area contributed by atoms with Gasteiger partial charge in [0.15, 0.2) is 0 Å². The summed E-state index contributed by atoms with van der Waals surface area (Å²) < 4.78 is 50.3. The number of carbonyl (C=O) groups excluding carboxylic acids is 1. The fourth-order valence-electron chi connectivity index (χ4n) is 1.42. The third-order valence-corrected chi connectivity index (χ3v) is 2.22. The van der Waals surface area contributed by atoms with Crippen LogP contribution in [0.2, 0.25) is 0 Å². The van der Waals surface area contributed by atoms with Gasteiger partial charge in [-0.2, -0.15) is 13.2 Å². The van der Waals surface area contributed by atoms with Gasteiger partial charge in [0, 0.05) is 19.6 Å². The lowest BCUT2D eigenvalue weighted by Gasteiger charge is -2.10. The summed E-state index contributed by atoms with van der Waals surface area (Å²) in [6.45, 7) is 0.596. The number of alkyl halides is 3. The van der Waals surface area contributed by atoms with E-state index < -0.39 is 23.6 Å². The number of benzene rings is 1. The summed E-state index contributed by atoms with van der Waals surface area (Å²) in [4.78, 5) is 10.3. The summed E-state index contributed by atoms with van der Waals surface area (Å²) in [5.41, 5.74) is 3.97. The molecule has 106 valence electrons. The van der Waals surface area contributed by atoms with Crippen LogP contribution >= 0.6 is 0 Å². The molecule has 0 heterocycles. The lowest BCUT2D eigenvalue weighted by molar-refractivity contribution is -0.137. The number of rotatable bonds is 5. The molecule has 0 radical (unpaired) electrons. The van der Waals surface area contributed by atoms with Crippen molar-refractivity contribution in [1.82, 2.24) is 10.6 Å². The molecule has 0 bridgehead atoms. The molecule has 0 atom stereocenters. The zero-order valence-electron chi connectivity index (χ0n) is 9.85. The Morgan fingerprint density at radius 1 is 1.21 bits per heavy atom. The van der Waals surface area contributed by atoms with E-state index in [1.165, 1.54) is 0 Å². The van der Waals surface area contributed by atoms with Gasteiger partial charge in [-0.05, 0) is 23.8 Å². The highest BCUT2D eigenvalue weighted by molar-refractivity contribution is 5.71. The molecular weight excluding hydrogens is 266 g/mol. The lowest BCUT2D eigenvalue weighted by atomic mass is 10.1. The van der Waals surface area contributed by atoms with Gasteiger partial charge < -0.3 is 16.4 Å². The highest BCUT2D eigenvalue weighted by Gasteiger charge is 2.31. The van der Waals surface area contributed by atoms with Crippen LogP contribution in [0.25, 0.3) is 0 Å². The third-order valence-electron chi connectivity index (χ3n) is 2.22. The Bertz CT molecular complexity index is 448. The van der Waals surface area contributed by atoms with Crippen molar-refractivity contribution < 1.29 is 22.4 Å². The molecule has 0 saturated carbocycles. The normalized spacial score (nSPS) is 11.4.